The highest BCUT2D eigenvalue weighted by atomic mass is 32.2. The minimum absolute atomic E-state index is 0.170. The molecule has 0 unspecified atom stereocenters. The molecule has 4 rings (SSSR count). The Morgan fingerprint density at radius 2 is 2.11 bits per heavy atom. The molecule has 2 N–H and O–H groups in total. The molecule has 3 heterocycles. The number of methoxy groups -OCH3 is 1. The molecule has 0 aliphatic carbocycles. The summed E-state index contributed by atoms with van der Waals surface area (Å²) in [6.07, 6.45) is 2.04. The van der Waals surface area contributed by atoms with E-state index in [1.165, 1.54) is 18.7 Å². The number of nitrogens with one attached hydrogen (secondary N) is 2. The molecule has 1 aromatic carbocycles. The summed E-state index contributed by atoms with van der Waals surface area (Å²) >= 11 is 1.43. The van der Waals surface area contributed by atoms with Crippen molar-refractivity contribution in [3.63, 3.8) is 0 Å². The third kappa shape index (κ3) is 3.06. The Morgan fingerprint density at radius 1 is 1.37 bits per heavy atom. The van der Waals surface area contributed by atoms with Crippen molar-refractivity contribution < 1.29 is 19.1 Å². The van der Waals surface area contributed by atoms with Gasteiger partial charge >= 0.3 is 0 Å². The highest BCUT2D eigenvalue weighted by Gasteiger charge is 2.49. The van der Waals surface area contributed by atoms with E-state index in [1.807, 2.05) is 19.1 Å². The van der Waals surface area contributed by atoms with Crippen LogP contribution in [0.5, 0.6) is 5.75 Å². The monoisotopic (exact) mass is 389 g/mol. The largest absolute Gasteiger partial charge is 0.496 e. The Kier molecular flexibility index (Phi) is 4.55. The fourth-order valence-electron chi connectivity index (χ4n) is 3.96. The molecule has 1 saturated heterocycles. The van der Waals surface area contributed by atoms with Crippen molar-refractivity contribution in [3.05, 3.63) is 28.3 Å². The molecule has 2 amide bonds. The van der Waals surface area contributed by atoms with Crippen LogP contribution in [0.2, 0.25) is 0 Å². The zero-order valence-corrected chi connectivity index (χ0v) is 16.5. The number of fused-ring (bicyclic) bond motifs is 1. The van der Waals surface area contributed by atoms with E-state index in [2.05, 4.69) is 10.7 Å². The number of rotatable bonds is 2. The van der Waals surface area contributed by atoms with Crippen molar-refractivity contribution >= 4 is 29.3 Å². The van der Waals surface area contributed by atoms with Gasteiger partial charge in [-0.3, -0.25) is 15.0 Å². The Morgan fingerprint density at radius 3 is 2.78 bits per heavy atom. The molecule has 1 spiro atoms. The average molecular weight is 389 g/mol. The molecule has 0 aromatic heterocycles. The predicted octanol–water partition coefficient (Wildman–Crippen LogP) is 2.57. The van der Waals surface area contributed by atoms with Gasteiger partial charge in [0.15, 0.2) is 0 Å². The maximum absolute atomic E-state index is 13.3. The van der Waals surface area contributed by atoms with Crippen molar-refractivity contribution in [1.82, 2.24) is 10.4 Å². The summed E-state index contributed by atoms with van der Waals surface area (Å²) in [5.41, 5.74) is 5.26. The zero-order valence-electron chi connectivity index (χ0n) is 15.7. The lowest BCUT2D eigenvalue weighted by molar-refractivity contribution is -0.152. The van der Waals surface area contributed by atoms with Gasteiger partial charge in [0, 0.05) is 37.2 Å². The van der Waals surface area contributed by atoms with Crippen molar-refractivity contribution in [1.29, 1.82) is 0 Å². The molecule has 0 bridgehead atoms. The highest BCUT2D eigenvalue weighted by molar-refractivity contribution is 8.04. The Balaban J connectivity index is 1.73. The van der Waals surface area contributed by atoms with Crippen LogP contribution < -0.4 is 15.5 Å². The van der Waals surface area contributed by atoms with Gasteiger partial charge in [0.05, 0.1) is 23.2 Å². The van der Waals surface area contributed by atoms with Crippen LogP contribution in [0.4, 0.5) is 5.69 Å². The number of aryl methyl sites for hydroxylation is 1. The Bertz CT molecular complexity index is 846. The number of ether oxygens (including phenoxy) is 2. The smallest absolute Gasteiger partial charge is 0.281 e. The van der Waals surface area contributed by atoms with Gasteiger partial charge < -0.3 is 14.8 Å². The lowest BCUT2D eigenvalue weighted by Crippen LogP contribution is -2.64. The molecular formula is C19H23N3O4S. The average Bonchev–Trinajstić information content (AvgIpc) is 2.64. The lowest BCUT2D eigenvalue weighted by atomic mass is 9.82. The summed E-state index contributed by atoms with van der Waals surface area (Å²) in [4.78, 5) is 26.7. The van der Waals surface area contributed by atoms with E-state index in [-0.39, 0.29) is 11.8 Å². The van der Waals surface area contributed by atoms with Crippen molar-refractivity contribution in [2.45, 2.75) is 43.5 Å². The van der Waals surface area contributed by atoms with Gasteiger partial charge in [0.2, 0.25) is 5.91 Å². The number of benzene rings is 1. The number of hydrogen-bond donors (Lipinski definition) is 2. The Hall–Kier alpha value is -2.19. The maximum Gasteiger partial charge on any atom is 0.281 e. The minimum atomic E-state index is -0.452. The summed E-state index contributed by atoms with van der Waals surface area (Å²) in [6.45, 7) is 4.58. The van der Waals surface area contributed by atoms with E-state index in [0.29, 0.717) is 37.4 Å². The molecule has 1 fully saturated rings. The van der Waals surface area contributed by atoms with Crippen LogP contribution in [0.1, 0.15) is 31.7 Å². The summed E-state index contributed by atoms with van der Waals surface area (Å²) in [5.74, 6) is 0.371. The quantitative estimate of drug-likeness (QED) is 0.809. The molecular weight excluding hydrogens is 366 g/mol. The van der Waals surface area contributed by atoms with Gasteiger partial charge in [0.1, 0.15) is 5.75 Å². The SMILES string of the molecule is COc1cc2c(cc1C)NC1=C(S2)C(=O)N(NC(C)=O)C2(CCOCC2)C1. The number of thioether (sulfide) groups is 1. The van der Waals surface area contributed by atoms with Crippen LogP contribution in [0.3, 0.4) is 0 Å². The van der Waals surface area contributed by atoms with Gasteiger partial charge in [-0.05, 0) is 37.5 Å². The van der Waals surface area contributed by atoms with Gasteiger partial charge in [0.25, 0.3) is 5.91 Å². The molecule has 0 saturated carbocycles. The van der Waals surface area contributed by atoms with E-state index in [4.69, 9.17) is 9.47 Å². The molecule has 3 aliphatic rings. The van der Waals surface area contributed by atoms with Crippen LogP contribution in [0, 0.1) is 6.92 Å². The number of amides is 2. The van der Waals surface area contributed by atoms with Crippen LogP contribution in [-0.2, 0) is 14.3 Å². The van der Waals surface area contributed by atoms with Crippen molar-refractivity contribution in [2.24, 2.45) is 0 Å². The van der Waals surface area contributed by atoms with Gasteiger partial charge in [-0.2, -0.15) is 0 Å². The van der Waals surface area contributed by atoms with E-state index in [9.17, 15) is 9.59 Å². The van der Waals surface area contributed by atoms with E-state index >= 15 is 0 Å². The van der Waals surface area contributed by atoms with Crippen LogP contribution >= 0.6 is 11.8 Å². The summed E-state index contributed by atoms with van der Waals surface area (Å²) in [5, 5.41) is 5.01. The molecule has 7 nitrogen and oxygen atoms in total. The Labute approximate surface area is 162 Å². The third-order valence-electron chi connectivity index (χ3n) is 5.34. The number of anilines is 1. The second kappa shape index (κ2) is 6.76. The topological polar surface area (TPSA) is 79.9 Å². The second-order valence-corrected chi connectivity index (χ2v) is 8.23. The van der Waals surface area contributed by atoms with Crippen LogP contribution in [0.25, 0.3) is 0 Å². The fourth-order valence-corrected chi connectivity index (χ4v) is 4.99. The van der Waals surface area contributed by atoms with E-state index < -0.39 is 5.54 Å². The van der Waals surface area contributed by atoms with E-state index in [0.717, 1.165) is 27.6 Å². The highest BCUT2D eigenvalue weighted by Crippen LogP contribution is 2.49. The normalized spacial score (nSPS) is 20.7. The fraction of sp³-hybridized carbons (Fsp3) is 0.474. The molecule has 0 atom stereocenters. The van der Waals surface area contributed by atoms with Gasteiger partial charge in [-0.1, -0.05) is 11.8 Å². The van der Waals surface area contributed by atoms with Gasteiger partial charge in [-0.15, -0.1) is 0 Å². The second-order valence-electron chi connectivity index (χ2n) is 7.17. The number of nitrogens with zero attached hydrogens (tertiary/aromatic N) is 1. The number of carbonyl (C=O) groups excluding carboxylic acids is 2. The minimum Gasteiger partial charge on any atom is -0.496 e. The van der Waals surface area contributed by atoms with Crippen LogP contribution in [0.15, 0.2) is 27.6 Å². The van der Waals surface area contributed by atoms with Crippen molar-refractivity contribution in [3.8, 4) is 5.75 Å². The molecule has 0 radical (unpaired) electrons. The molecule has 3 aliphatic heterocycles. The summed E-state index contributed by atoms with van der Waals surface area (Å²) in [7, 11) is 1.64. The molecule has 8 heteroatoms. The number of carbonyl (C=O) groups is 2. The molecule has 144 valence electrons. The lowest BCUT2D eigenvalue weighted by Gasteiger charge is -2.49. The first-order valence-electron chi connectivity index (χ1n) is 9.00. The first kappa shape index (κ1) is 18.2. The zero-order chi connectivity index (χ0) is 19.2. The van der Waals surface area contributed by atoms with Gasteiger partial charge in [-0.25, -0.2) is 5.01 Å². The number of hydrazine groups is 1. The van der Waals surface area contributed by atoms with Crippen molar-refractivity contribution in [2.75, 3.05) is 25.6 Å². The standard InChI is InChI=1S/C19H23N3O4S/c1-11-8-13-16(9-15(11)25-3)27-17-14(20-13)10-19(4-6-26-7-5-19)22(18(17)24)21-12(2)23/h8-9,20H,4-7,10H2,1-3H3,(H,21,23). The maximum atomic E-state index is 13.3. The van der Waals surface area contributed by atoms with Crippen LogP contribution in [-0.4, -0.2) is 42.7 Å². The first-order valence-corrected chi connectivity index (χ1v) is 9.81. The predicted molar refractivity (Wildman–Crippen MR) is 102 cm³/mol. The number of hydrogen-bond acceptors (Lipinski definition) is 6. The molecule has 1 aromatic rings. The molecule has 27 heavy (non-hydrogen) atoms. The third-order valence-corrected chi connectivity index (χ3v) is 6.52. The summed E-state index contributed by atoms with van der Waals surface area (Å²) in [6, 6.07) is 3.99. The first-order chi connectivity index (χ1) is 12.9. The van der Waals surface area contributed by atoms with E-state index in [1.54, 1.807) is 12.1 Å². The summed E-state index contributed by atoms with van der Waals surface area (Å²) < 4.78 is 10.9.